The SMILES string of the molecule is O=C(c1ccc(Nn2nc(CCl)ccc2=O)nc1)N1CCOCC1. The summed E-state index contributed by atoms with van der Waals surface area (Å²) in [4.78, 5) is 31.1. The van der Waals surface area contributed by atoms with Gasteiger partial charge in [0.1, 0.15) is 5.82 Å². The van der Waals surface area contributed by atoms with Crippen molar-refractivity contribution in [2.45, 2.75) is 5.88 Å². The second kappa shape index (κ2) is 7.41. The van der Waals surface area contributed by atoms with Crippen molar-refractivity contribution in [3.05, 3.63) is 52.1 Å². The molecule has 3 rings (SSSR count). The fourth-order valence-corrected chi connectivity index (χ4v) is 2.39. The number of anilines is 1. The number of halogens is 1. The maximum Gasteiger partial charge on any atom is 0.286 e. The standard InChI is InChI=1S/C15H16ClN5O3/c16-9-12-2-4-14(22)21(18-12)19-13-3-1-11(10-17-13)15(23)20-5-7-24-8-6-20/h1-4,10H,5-9H2,(H,17,19). The third-order valence-electron chi connectivity index (χ3n) is 3.52. The van der Waals surface area contributed by atoms with Crippen LogP contribution in [0.5, 0.6) is 0 Å². The van der Waals surface area contributed by atoms with E-state index < -0.39 is 0 Å². The van der Waals surface area contributed by atoms with Crippen LogP contribution in [0.3, 0.4) is 0 Å². The molecular weight excluding hydrogens is 334 g/mol. The average molecular weight is 350 g/mol. The van der Waals surface area contributed by atoms with Crippen LogP contribution in [0.2, 0.25) is 0 Å². The van der Waals surface area contributed by atoms with Gasteiger partial charge in [-0.15, -0.1) is 16.4 Å². The number of morpholine rings is 1. The molecule has 1 aliphatic rings. The Morgan fingerprint density at radius 1 is 1.25 bits per heavy atom. The van der Waals surface area contributed by atoms with Gasteiger partial charge < -0.3 is 9.64 Å². The third kappa shape index (κ3) is 3.72. The third-order valence-corrected chi connectivity index (χ3v) is 3.80. The summed E-state index contributed by atoms with van der Waals surface area (Å²) in [7, 11) is 0. The number of aromatic nitrogens is 3. The fourth-order valence-electron chi connectivity index (χ4n) is 2.24. The van der Waals surface area contributed by atoms with Crippen LogP contribution in [-0.2, 0) is 10.6 Å². The highest BCUT2D eigenvalue weighted by molar-refractivity contribution is 6.16. The summed E-state index contributed by atoms with van der Waals surface area (Å²) in [5.74, 6) is 0.508. The Bertz CT molecular complexity index is 771. The molecule has 1 saturated heterocycles. The van der Waals surface area contributed by atoms with Gasteiger partial charge in [0.25, 0.3) is 11.5 Å². The van der Waals surface area contributed by atoms with Crippen molar-refractivity contribution in [1.29, 1.82) is 0 Å². The molecule has 0 spiro atoms. The summed E-state index contributed by atoms with van der Waals surface area (Å²) in [5, 5.41) is 4.05. The van der Waals surface area contributed by atoms with Crippen LogP contribution < -0.4 is 11.0 Å². The first-order valence-corrected chi connectivity index (χ1v) is 7.96. The van der Waals surface area contributed by atoms with Crippen LogP contribution in [0.1, 0.15) is 16.1 Å². The summed E-state index contributed by atoms with van der Waals surface area (Å²) in [6.45, 7) is 2.24. The predicted molar refractivity (Wildman–Crippen MR) is 88.0 cm³/mol. The Kier molecular flexibility index (Phi) is 5.07. The van der Waals surface area contributed by atoms with Gasteiger partial charge >= 0.3 is 0 Å². The molecule has 9 heteroatoms. The maximum absolute atomic E-state index is 12.3. The zero-order chi connectivity index (χ0) is 16.9. The molecule has 0 bridgehead atoms. The number of nitrogens with zero attached hydrogens (tertiary/aromatic N) is 4. The highest BCUT2D eigenvalue weighted by atomic mass is 35.5. The Morgan fingerprint density at radius 3 is 2.71 bits per heavy atom. The van der Waals surface area contributed by atoms with Gasteiger partial charge in [0.2, 0.25) is 0 Å². The molecule has 0 aromatic carbocycles. The molecule has 2 aromatic rings. The first-order valence-electron chi connectivity index (χ1n) is 7.43. The van der Waals surface area contributed by atoms with E-state index in [0.29, 0.717) is 43.4 Å². The summed E-state index contributed by atoms with van der Waals surface area (Å²) < 4.78 is 5.23. The van der Waals surface area contributed by atoms with Gasteiger partial charge in [0.15, 0.2) is 0 Å². The van der Waals surface area contributed by atoms with Gasteiger partial charge in [-0.25, -0.2) is 4.98 Å². The second-order valence-corrected chi connectivity index (χ2v) is 5.42. The Hall–Kier alpha value is -2.45. The predicted octanol–water partition coefficient (Wildman–Crippen LogP) is 0.725. The van der Waals surface area contributed by atoms with Crippen LogP contribution in [0.4, 0.5) is 5.82 Å². The normalized spacial score (nSPS) is 14.5. The van der Waals surface area contributed by atoms with Crippen LogP contribution in [-0.4, -0.2) is 52.0 Å². The molecule has 1 aliphatic heterocycles. The quantitative estimate of drug-likeness (QED) is 0.818. The van der Waals surface area contributed by atoms with E-state index in [4.69, 9.17) is 16.3 Å². The van der Waals surface area contributed by atoms with E-state index >= 15 is 0 Å². The van der Waals surface area contributed by atoms with Crippen LogP contribution in [0.25, 0.3) is 0 Å². The van der Waals surface area contributed by atoms with E-state index in [0.717, 1.165) is 4.79 Å². The molecule has 1 fully saturated rings. The van der Waals surface area contributed by atoms with E-state index in [1.54, 1.807) is 23.1 Å². The largest absolute Gasteiger partial charge is 0.378 e. The molecule has 24 heavy (non-hydrogen) atoms. The number of pyridine rings is 1. The zero-order valence-corrected chi connectivity index (χ0v) is 13.6. The first kappa shape index (κ1) is 16.4. The minimum atomic E-state index is -0.334. The number of hydrogen-bond donors (Lipinski definition) is 1. The van der Waals surface area contributed by atoms with Gasteiger partial charge in [0.05, 0.1) is 30.4 Å². The summed E-state index contributed by atoms with van der Waals surface area (Å²) >= 11 is 5.71. The van der Waals surface area contributed by atoms with E-state index in [2.05, 4.69) is 15.5 Å². The molecule has 3 heterocycles. The lowest BCUT2D eigenvalue weighted by Gasteiger charge is -2.26. The average Bonchev–Trinajstić information content (AvgIpc) is 2.64. The minimum absolute atomic E-state index is 0.0863. The number of amides is 1. The minimum Gasteiger partial charge on any atom is -0.378 e. The summed E-state index contributed by atoms with van der Waals surface area (Å²) in [6, 6.07) is 6.21. The van der Waals surface area contributed by atoms with Crippen molar-refractivity contribution in [2.24, 2.45) is 0 Å². The molecule has 126 valence electrons. The van der Waals surface area contributed by atoms with Crippen LogP contribution >= 0.6 is 11.6 Å². The number of rotatable bonds is 4. The monoisotopic (exact) mass is 349 g/mol. The van der Waals surface area contributed by atoms with E-state index in [1.165, 1.54) is 12.3 Å². The lowest BCUT2D eigenvalue weighted by molar-refractivity contribution is 0.0302. The smallest absolute Gasteiger partial charge is 0.286 e. The molecule has 8 nitrogen and oxygen atoms in total. The second-order valence-electron chi connectivity index (χ2n) is 5.16. The molecule has 0 saturated carbocycles. The zero-order valence-electron chi connectivity index (χ0n) is 12.8. The van der Waals surface area contributed by atoms with Crippen molar-refractivity contribution >= 4 is 23.3 Å². The Balaban J connectivity index is 1.72. The molecule has 0 atom stereocenters. The Labute approximate surface area is 143 Å². The fraction of sp³-hybridized carbons (Fsp3) is 0.333. The molecule has 1 amide bonds. The molecule has 0 unspecified atom stereocenters. The maximum atomic E-state index is 12.3. The van der Waals surface area contributed by atoms with Crippen LogP contribution in [0.15, 0.2) is 35.3 Å². The van der Waals surface area contributed by atoms with Gasteiger partial charge in [-0.05, 0) is 18.2 Å². The number of nitrogens with one attached hydrogen (secondary N) is 1. The highest BCUT2D eigenvalue weighted by Crippen LogP contribution is 2.09. The molecule has 0 radical (unpaired) electrons. The van der Waals surface area contributed by atoms with Gasteiger partial charge in [-0.2, -0.15) is 5.10 Å². The van der Waals surface area contributed by atoms with E-state index in [1.807, 2.05) is 0 Å². The number of ether oxygens (including phenoxy) is 1. The van der Waals surface area contributed by atoms with E-state index in [-0.39, 0.29) is 17.3 Å². The number of carbonyl (C=O) groups excluding carboxylic acids is 1. The summed E-state index contributed by atoms with van der Waals surface area (Å²) in [6.07, 6.45) is 1.47. The summed E-state index contributed by atoms with van der Waals surface area (Å²) in [5.41, 5.74) is 3.48. The number of carbonyl (C=O) groups is 1. The topological polar surface area (TPSA) is 89.3 Å². The van der Waals surface area contributed by atoms with Crippen molar-refractivity contribution < 1.29 is 9.53 Å². The van der Waals surface area contributed by atoms with Gasteiger partial charge in [0, 0.05) is 25.4 Å². The molecule has 2 aromatic heterocycles. The first-order chi connectivity index (χ1) is 11.7. The van der Waals surface area contributed by atoms with Crippen molar-refractivity contribution in [2.75, 3.05) is 31.7 Å². The van der Waals surface area contributed by atoms with E-state index in [9.17, 15) is 9.59 Å². The molecule has 1 N–H and O–H groups in total. The van der Waals surface area contributed by atoms with Crippen molar-refractivity contribution in [3.63, 3.8) is 0 Å². The van der Waals surface area contributed by atoms with Crippen molar-refractivity contribution in [1.82, 2.24) is 19.8 Å². The van der Waals surface area contributed by atoms with Gasteiger partial charge in [-0.3, -0.25) is 15.0 Å². The molecule has 0 aliphatic carbocycles. The lowest BCUT2D eigenvalue weighted by Crippen LogP contribution is -2.40. The number of alkyl halides is 1. The highest BCUT2D eigenvalue weighted by Gasteiger charge is 2.18. The molecular formula is C15H16ClN5O3. The lowest BCUT2D eigenvalue weighted by atomic mass is 10.2. The van der Waals surface area contributed by atoms with Crippen molar-refractivity contribution in [3.8, 4) is 0 Å². The number of hydrogen-bond acceptors (Lipinski definition) is 6. The van der Waals surface area contributed by atoms with Gasteiger partial charge in [-0.1, -0.05) is 0 Å². The Morgan fingerprint density at radius 2 is 2.04 bits per heavy atom. The van der Waals surface area contributed by atoms with Crippen LogP contribution in [0, 0.1) is 0 Å².